The quantitative estimate of drug-likeness (QED) is 0.819. The summed E-state index contributed by atoms with van der Waals surface area (Å²) in [6.07, 6.45) is 0.495. The smallest absolute Gasteiger partial charge is 0.220 e. The van der Waals surface area contributed by atoms with Crippen molar-refractivity contribution in [1.82, 2.24) is 5.32 Å². The van der Waals surface area contributed by atoms with Crippen molar-refractivity contribution in [1.29, 1.82) is 0 Å². The van der Waals surface area contributed by atoms with Gasteiger partial charge in [0.05, 0.1) is 6.04 Å². The van der Waals surface area contributed by atoms with Crippen molar-refractivity contribution in [2.75, 3.05) is 0 Å². The average molecular weight is 212 g/mol. The SMILES string of the molecule is CCC(=O)NC(C)c1ccccc1Cl. The van der Waals surface area contributed by atoms with Crippen LogP contribution >= 0.6 is 11.6 Å². The van der Waals surface area contributed by atoms with Crippen molar-refractivity contribution < 1.29 is 4.79 Å². The van der Waals surface area contributed by atoms with Gasteiger partial charge in [0, 0.05) is 11.4 Å². The van der Waals surface area contributed by atoms with Gasteiger partial charge in [-0.3, -0.25) is 4.79 Å². The molecule has 2 nitrogen and oxygen atoms in total. The predicted octanol–water partition coefficient (Wildman–Crippen LogP) is 2.93. The lowest BCUT2D eigenvalue weighted by Crippen LogP contribution is -2.25. The van der Waals surface area contributed by atoms with Crippen LogP contribution in [0.3, 0.4) is 0 Å². The van der Waals surface area contributed by atoms with Gasteiger partial charge in [-0.15, -0.1) is 0 Å². The van der Waals surface area contributed by atoms with Crippen molar-refractivity contribution in [3.8, 4) is 0 Å². The Morgan fingerprint density at radius 2 is 2.14 bits per heavy atom. The highest BCUT2D eigenvalue weighted by Gasteiger charge is 2.10. The van der Waals surface area contributed by atoms with Gasteiger partial charge in [-0.25, -0.2) is 0 Å². The summed E-state index contributed by atoms with van der Waals surface area (Å²) >= 11 is 5.99. The minimum absolute atomic E-state index is 0.0313. The Balaban J connectivity index is 2.74. The van der Waals surface area contributed by atoms with Crippen molar-refractivity contribution in [2.45, 2.75) is 26.3 Å². The van der Waals surface area contributed by atoms with E-state index in [9.17, 15) is 4.79 Å². The lowest BCUT2D eigenvalue weighted by Gasteiger charge is -2.14. The molecule has 0 aliphatic rings. The van der Waals surface area contributed by atoms with E-state index in [1.165, 1.54) is 0 Å². The standard InChI is InChI=1S/C11H14ClNO/c1-3-11(14)13-8(2)9-6-4-5-7-10(9)12/h4-8H,3H2,1-2H3,(H,13,14). The van der Waals surface area contributed by atoms with Gasteiger partial charge in [-0.05, 0) is 18.6 Å². The Morgan fingerprint density at radius 3 is 2.71 bits per heavy atom. The first kappa shape index (κ1) is 11.1. The van der Waals surface area contributed by atoms with Crippen molar-refractivity contribution in [3.05, 3.63) is 34.9 Å². The number of hydrogen-bond acceptors (Lipinski definition) is 1. The Hall–Kier alpha value is -1.02. The molecule has 1 amide bonds. The molecule has 0 heterocycles. The van der Waals surface area contributed by atoms with Crippen LogP contribution in [-0.4, -0.2) is 5.91 Å². The first-order valence-corrected chi connectivity index (χ1v) is 5.06. The first-order valence-electron chi connectivity index (χ1n) is 4.69. The molecule has 0 bridgehead atoms. The normalized spacial score (nSPS) is 12.2. The Labute approximate surface area is 89.3 Å². The van der Waals surface area contributed by atoms with Crippen LogP contribution in [0.4, 0.5) is 0 Å². The largest absolute Gasteiger partial charge is 0.350 e. The minimum atomic E-state index is -0.0313. The summed E-state index contributed by atoms with van der Waals surface area (Å²) in [5.41, 5.74) is 0.955. The van der Waals surface area contributed by atoms with Crippen LogP contribution in [0.25, 0.3) is 0 Å². The average Bonchev–Trinajstić information content (AvgIpc) is 2.18. The van der Waals surface area contributed by atoms with E-state index in [0.29, 0.717) is 11.4 Å². The molecule has 1 aromatic carbocycles. The molecule has 0 saturated heterocycles. The van der Waals surface area contributed by atoms with Crippen LogP contribution in [0.5, 0.6) is 0 Å². The van der Waals surface area contributed by atoms with Gasteiger partial charge in [0.15, 0.2) is 0 Å². The van der Waals surface area contributed by atoms with E-state index in [-0.39, 0.29) is 11.9 Å². The number of carbonyl (C=O) groups excluding carboxylic acids is 1. The zero-order valence-electron chi connectivity index (χ0n) is 8.38. The number of amides is 1. The zero-order chi connectivity index (χ0) is 10.6. The molecular weight excluding hydrogens is 198 g/mol. The van der Waals surface area contributed by atoms with Crippen LogP contribution in [0.2, 0.25) is 5.02 Å². The van der Waals surface area contributed by atoms with Crippen LogP contribution < -0.4 is 5.32 Å². The van der Waals surface area contributed by atoms with Crippen molar-refractivity contribution in [3.63, 3.8) is 0 Å². The molecule has 0 fully saturated rings. The Bertz CT molecular complexity index is 325. The number of hydrogen-bond donors (Lipinski definition) is 1. The van der Waals surface area contributed by atoms with Crippen molar-refractivity contribution in [2.24, 2.45) is 0 Å². The van der Waals surface area contributed by atoms with E-state index in [1.807, 2.05) is 38.1 Å². The highest BCUT2D eigenvalue weighted by Crippen LogP contribution is 2.21. The van der Waals surface area contributed by atoms with E-state index >= 15 is 0 Å². The molecule has 0 radical (unpaired) electrons. The fourth-order valence-corrected chi connectivity index (χ4v) is 1.55. The molecule has 14 heavy (non-hydrogen) atoms. The number of halogens is 1. The van der Waals surface area contributed by atoms with Gasteiger partial charge < -0.3 is 5.32 Å². The van der Waals surface area contributed by atoms with Crippen LogP contribution in [-0.2, 0) is 4.79 Å². The Morgan fingerprint density at radius 1 is 1.50 bits per heavy atom. The lowest BCUT2D eigenvalue weighted by atomic mass is 10.1. The molecule has 1 rings (SSSR count). The third kappa shape index (κ3) is 2.74. The summed E-state index contributed by atoms with van der Waals surface area (Å²) in [6, 6.07) is 7.50. The van der Waals surface area contributed by atoms with E-state index < -0.39 is 0 Å². The third-order valence-electron chi connectivity index (χ3n) is 2.07. The van der Waals surface area contributed by atoms with Crippen LogP contribution in [0.1, 0.15) is 31.9 Å². The Kier molecular flexibility index (Phi) is 3.96. The summed E-state index contributed by atoms with van der Waals surface area (Å²) in [6.45, 7) is 3.75. The van der Waals surface area contributed by atoms with Crippen LogP contribution in [0, 0.1) is 0 Å². The van der Waals surface area contributed by atoms with Gasteiger partial charge in [0.2, 0.25) is 5.91 Å². The number of benzene rings is 1. The van der Waals surface area contributed by atoms with E-state index in [0.717, 1.165) is 5.56 Å². The monoisotopic (exact) mass is 211 g/mol. The minimum Gasteiger partial charge on any atom is -0.350 e. The maximum absolute atomic E-state index is 11.2. The molecule has 1 aromatic rings. The first-order chi connectivity index (χ1) is 6.65. The van der Waals surface area contributed by atoms with Crippen molar-refractivity contribution >= 4 is 17.5 Å². The second-order valence-corrected chi connectivity index (χ2v) is 3.57. The summed E-state index contributed by atoms with van der Waals surface area (Å²) < 4.78 is 0. The fraction of sp³-hybridized carbons (Fsp3) is 0.364. The predicted molar refractivity (Wildman–Crippen MR) is 58.3 cm³/mol. The molecule has 0 aromatic heterocycles. The van der Waals surface area contributed by atoms with Gasteiger partial charge in [0.25, 0.3) is 0 Å². The molecule has 0 saturated carbocycles. The third-order valence-corrected chi connectivity index (χ3v) is 2.41. The zero-order valence-corrected chi connectivity index (χ0v) is 9.14. The fourth-order valence-electron chi connectivity index (χ4n) is 1.25. The lowest BCUT2D eigenvalue weighted by molar-refractivity contribution is -0.121. The molecule has 0 aliphatic carbocycles. The molecule has 1 atom stereocenters. The molecule has 3 heteroatoms. The maximum Gasteiger partial charge on any atom is 0.220 e. The van der Waals surface area contributed by atoms with E-state index in [4.69, 9.17) is 11.6 Å². The van der Waals surface area contributed by atoms with Gasteiger partial charge in [0.1, 0.15) is 0 Å². The molecule has 76 valence electrons. The summed E-state index contributed by atoms with van der Waals surface area (Å²) in [4.78, 5) is 11.2. The van der Waals surface area contributed by atoms with E-state index in [2.05, 4.69) is 5.32 Å². The molecule has 1 N–H and O–H groups in total. The summed E-state index contributed by atoms with van der Waals surface area (Å²) in [5, 5.41) is 3.55. The highest BCUT2D eigenvalue weighted by molar-refractivity contribution is 6.31. The summed E-state index contributed by atoms with van der Waals surface area (Å²) in [7, 11) is 0. The second kappa shape index (κ2) is 5.01. The van der Waals surface area contributed by atoms with E-state index in [1.54, 1.807) is 0 Å². The highest BCUT2D eigenvalue weighted by atomic mass is 35.5. The van der Waals surface area contributed by atoms with Gasteiger partial charge in [-0.1, -0.05) is 36.7 Å². The summed E-state index contributed by atoms with van der Waals surface area (Å²) in [5.74, 6) is 0.0393. The number of carbonyl (C=O) groups is 1. The molecule has 0 spiro atoms. The topological polar surface area (TPSA) is 29.1 Å². The number of rotatable bonds is 3. The van der Waals surface area contributed by atoms with Gasteiger partial charge >= 0.3 is 0 Å². The molecule has 1 unspecified atom stereocenters. The number of nitrogens with one attached hydrogen (secondary N) is 1. The second-order valence-electron chi connectivity index (χ2n) is 3.16. The molecule has 0 aliphatic heterocycles. The maximum atomic E-state index is 11.2. The molecular formula is C11H14ClNO. The van der Waals surface area contributed by atoms with Crippen LogP contribution in [0.15, 0.2) is 24.3 Å². The van der Waals surface area contributed by atoms with Gasteiger partial charge in [-0.2, -0.15) is 0 Å².